The molecule has 0 bridgehead atoms. The van der Waals surface area contributed by atoms with Crippen LogP contribution in [0, 0.1) is 11.3 Å². The Bertz CT molecular complexity index is 294. The summed E-state index contributed by atoms with van der Waals surface area (Å²) in [6, 6.07) is 1.73. The molecule has 0 N–H and O–H groups in total. The highest BCUT2D eigenvalue weighted by Crippen LogP contribution is 2.07. The van der Waals surface area contributed by atoms with Gasteiger partial charge in [-0.25, -0.2) is 8.42 Å². The Morgan fingerprint density at radius 3 is 2.50 bits per heavy atom. The summed E-state index contributed by atoms with van der Waals surface area (Å²) >= 11 is 0. The smallest absolute Gasteiger partial charge is 0.230 e. The Morgan fingerprint density at radius 1 is 1.57 bits per heavy atom. The van der Waals surface area contributed by atoms with Gasteiger partial charge in [0, 0.05) is 20.2 Å². The second-order valence-electron chi connectivity index (χ2n) is 2.80. The monoisotopic (exact) mass is 220 g/mol. The van der Waals surface area contributed by atoms with Crippen LogP contribution in [0.2, 0.25) is 0 Å². The minimum atomic E-state index is -3.48. The van der Waals surface area contributed by atoms with Gasteiger partial charge in [0.15, 0.2) is 5.25 Å². The van der Waals surface area contributed by atoms with Crippen molar-refractivity contribution >= 4 is 10.0 Å². The summed E-state index contributed by atoms with van der Waals surface area (Å²) < 4.78 is 29.3. The first-order chi connectivity index (χ1) is 6.50. The van der Waals surface area contributed by atoms with Crippen molar-refractivity contribution in [1.82, 2.24) is 4.31 Å². The highest BCUT2D eigenvalue weighted by atomic mass is 32.2. The zero-order valence-corrected chi connectivity index (χ0v) is 9.54. The Hall–Kier alpha value is -0.640. The number of likely N-dealkylation sites (N-methyl/N-ethyl adjacent to an activating group) is 1. The second-order valence-corrected chi connectivity index (χ2v) is 5.05. The molecule has 5 nitrogen and oxygen atoms in total. The van der Waals surface area contributed by atoms with Gasteiger partial charge in [0.05, 0.1) is 12.7 Å². The molecule has 0 rings (SSSR count). The van der Waals surface area contributed by atoms with Gasteiger partial charge in [-0.1, -0.05) is 6.92 Å². The molecule has 0 aliphatic heterocycles. The van der Waals surface area contributed by atoms with Crippen molar-refractivity contribution in [2.24, 2.45) is 0 Å². The normalized spacial score (nSPS) is 13.9. The van der Waals surface area contributed by atoms with E-state index in [9.17, 15) is 8.42 Å². The molecule has 0 aromatic heterocycles. The zero-order valence-electron chi connectivity index (χ0n) is 8.73. The van der Waals surface area contributed by atoms with Crippen molar-refractivity contribution in [1.29, 1.82) is 5.26 Å². The van der Waals surface area contributed by atoms with Crippen molar-refractivity contribution in [3.8, 4) is 6.07 Å². The van der Waals surface area contributed by atoms with E-state index in [1.165, 1.54) is 18.3 Å². The van der Waals surface area contributed by atoms with Crippen molar-refractivity contribution in [3.05, 3.63) is 0 Å². The Kier molecular flexibility index (Phi) is 5.69. The lowest BCUT2D eigenvalue weighted by atomic mass is 10.5. The fourth-order valence-corrected chi connectivity index (χ4v) is 2.22. The molecular formula is C8H16N2O3S. The number of hydrogen-bond acceptors (Lipinski definition) is 4. The molecule has 0 heterocycles. The molecule has 0 spiro atoms. The summed E-state index contributed by atoms with van der Waals surface area (Å²) in [4.78, 5) is 0. The number of nitriles is 1. The minimum absolute atomic E-state index is 0.293. The predicted molar refractivity (Wildman–Crippen MR) is 53.1 cm³/mol. The summed E-state index contributed by atoms with van der Waals surface area (Å²) in [6.45, 7) is 4.10. The van der Waals surface area contributed by atoms with Crippen LogP contribution in [0.3, 0.4) is 0 Å². The van der Waals surface area contributed by atoms with E-state index in [1.54, 1.807) is 13.0 Å². The summed E-state index contributed by atoms with van der Waals surface area (Å²) in [5.41, 5.74) is 0. The SMILES string of the molecule is CCN(CCOC)S(=O)(=O)C(C)C#N. The standard InChI is InChI=1S/C8H16N2O3S/c1-4-10(5-6-13-3)14(11,12)8(2)7-9/h8H,4-6H2,1-3H3. The van der Waals surface area contributed by atoms with Gasteiger partial charge in [-0.15, -0.1) is 0 Å². The first-order valence-electron chi connectivity index (χ1n) is 4.38. The van der Waals surface area contributed by atoms with Crippen LogP contribution in [0.1, 0.15) is 13.8 Å². The lowest BCUT2D eigenvalue weighted by Crippen LogP contribution is -2.38. The van der Waals surface area contributed by atoms with Gasteiger partial charge in [0.25, 0.3) is 0 Å². The molecule has 6 heteroatoms. The van der Waals surface area contributed by atoms with Crippen LogP contribution in [0.4, 0.5) is 0 Å². The van der Waals surface area contributed by atoms with Gasteiger partial charge in [-0.05, 0) is 6.92 Å². The fourth-order valence-electron chi connectivity index (χ4n) is 0.949. The van der Waals surface area contributed by atoms with Crippen molar-refractivity contribution in [3.63, 3.8) is 0 Å². The van der Waals surface area contributed by atoms with E-state index in [0.717, 1.165) is 0 Å². The van der Waals surface area contributed by atoms with E-state index < -0.39 is 15.3 Å². The van der Waals surface area contributed by atoms with E-state index in [2.05, 4.69) is 0 Å². The molecule has 0 saturated carbocycles. The van der Waals surface area contributed by atoms with Crippen LogP contribution in [-0.4, -0.2) is 44.8 Å². The lowest BCUT2D eigenvalue weighted by Gasteiger charge is -2.20. The molecule has 14 heavy (non-hydrogen) atoms. The molecule has 0 amide bonds. The molecular weight excluding hydrogens is 204 g/mol. The third-order valence-corrected chi connectivity index (χ3v) is 4.05. The van der Waals surface area contributed by atoms with Crippen molar-refractivity contribution in [2.45, 2.75) is 19.1 Å². The van der Waals surface area contributed by atoms with Gasteiger partial charge in [-0.3, -0.25) is 0 Å². The molecule has 82 valence electrons. The maximum atomic E-state index is 11.6. The van der Waals surface area contributed by atoms with E-state index >= 15 is 0 Å². The molecule has 0 aliphatic rings. The molecule has 0 aromatic carbocycles. The number of sulfonamides is 1. The molecule has 1 atom stereocenters. The van der Waals surface area contributed by atoms with Gasteiger partial charge >= 0.3 is 0 Å². The van der Waals surface area contributed by atoms with E-state index in [-0.39, 0.29) is 0 Å². The van der Waals surface area contributed by atoms with E-state index in [1.807, 2.05) is 0 Å². The maximum absolute atomic E-state index is 11.6. The summed E-state index contributed by atoms with van der Waals surface area (Å²) in [5.74, 6) is 0. The number of rotatable bonds is 6. The van der Waals surface area contributed by atoms with Crippen LogP contribution in [0.15, 0.2) is 0 Å². The van der Waals surface area contributed by atoms with Crippen LogP contribution in [0.5, 0.6) is 0 Å². The van der Waals surface area contributed by atoms with Crippen LogP contribution in [-0.2, 0) is 14.8 Å². The van der Waals surface area contributed by atoms with Gasteiger partial charge in [-0.2, -0.15) is 9.57 Å². The average Bonchev–Trinajstić information content (AvgIpc) is 2.17. The Balaban J connectivity index is 4.60. The van der Waals surface area contributed by atoms with Crippen LogP contribution in [0.25, 0.3) is 0 Å². The van der Waals surface area contributed by atoms with Crippen molar-refractivity contribution in [2.75, 3.05) is 26.8 Å². The molecule has 0 saturated heterocycles. The largest absolute Gasteiger partial charge is 0.383 e. The minimum Gasteiger partial charge on any atom is -0.383 e. The maximum Gasteiger partial charge on any atom is 0.230 e. The highest BCUT2D eigenvalue weighted by Gasteiger charge is 2.26. The van der Waals surface area contributed by atoms with Gasteiger partial charge < -0.3 is 4.74 Å². The zero-order chi connectivity index (χ0) is 11.2. The first-order valence-corrected chi connectivity index (χ1v) is 5.88. The second kappa shape index (κ2) is 5.96. The van der Waals surface area contributed by atoms with Gasteiger partial charge in [0.2, 0.25) is 10.0 Å². The third-order valence-electron chi connectivity index (χ3n) is 1.89. The lowest BCUT2D eigenvalue weighted by molar-refractivity contribution is 0.180. The van der Waals surface area contributed by atoms with Gasteiger partial charge in [0.1, 0.15) is 0 Å². The van der Waals surface area contributed by atoms with Crippen LogP contribution < -0.4 is 0 Å². The molecule has 1 unspecified atom stereocenters. The quantitative estimate of drug-likeness (QED) is 0.641. The fraction of sp³-hybridized carbons (Fsp3) is 0.875. The van der Waals surface area contributed by atoms with E-state index in [4.69, 9.17) is 10.00 Å². The molecule has 0 radical (unpaired) electrons. The summed E-state index contributed by atoms with van der Waals surface area (Å²) in [7, 11) is -1.97. The average molecular weight is 220 g/mol. The highest BCUT2D eigenvalue weighted by molar-refractivity contribution is 7.89. The predicted octanol–water partition coefficient (Wildman–Crippen LogP) is 0.197. The van der Waals surface area contributed by atoms with E-state index in [0.29, 0.717) is 19.7 Å². The number of hydrogen-bond donors (Lipinski definition) is 0. The number of nitrogens with zero attached hydrogens (tertiary/aromatic N) is 2. The molecule has 0 fully saturated rings. The molecule has 0 aliphatic carbocycles. The Labute approximate surface area is 85.3 Å². The number of methoxy groups -OCH3 is 1. The Morgan fingerprint density at radius 2 is 2.14 bits per heavy atom. The first kappa shape index (κ1) is 13.4. The topological polar surface area (TPSA) is 70.4 Å². The third kappa shape index (κ3) is 3.25. The van der Waals surface area contributed by atoms with Crippen LogP contribution >= 0.6 is 0 Å². The van der Waals surface area contributed by atoms with Crippen molar-refractivity contribution < 1.29 is 13.2 Å². The summed E-state index contributed by atoms with van der Waals surface area (Å²) in [5, 5.41) is 7.55. The summed E-state index contributed by atoms with van der Waals surface area (Å²) in [6.07, 6.45) is 0. The number of ether oxygens (including phenoxy) is 1. The molecule has 0 aromatic rings.